The highest BCUT2D eigenvalue weighted by molar-refractivity contribution is 7.07. The molecule has 0 saturated heterocycles. The fourth-order valence-corrected chi connectivity index (χ4v) is 2.07. The molecule has 0 aliphatic rings. The molecule has 1 heterocycles. The number of aryl methyl sites for hydroxylation is 1. The Morgan fingerprint density at radius 2 is 2.25 bits per heavy atom. The van der Waals surface area contributed by atoms with E-state index in [1.807, 2.05) is 23.9 Å². The van der Waals surface area contributed by atoms with Gasteiger partial charge in [-0.2, -0.15) is 0 Å². The average molecular weight is 236 g/mol. The zero-order valence-electron chi connectivity index (χ0n) is 9.03. The summed E-state index contributed by atoms with van der Waals surface area (Å²) in [7, 11) is 0. The second kappa shape index (κ2) is 5.18. The number of hydrogen-bond acceptors (Lipinski definition) is 3. The molecule has 84 valence electrons. The smallest absolute Gasteiger partial charge is 0.123 e. The first-order chi connectivity index (χ1) is 7.75. The van der Waals surface area contributed by atoms with E-state index in [2.05, 4.69) is 10.3 Å². The van der Waals surface area contributed by atoms with Crippen molar-refractivity contribution in [1.29, 1.82) is 0 Å². The van der Waals surface area contributed by atoms with Gasteiger partial charge < -0.3 is 5.32 Å². The summed E-state index contributed by atoms with van der Waals surface area (Å²) >= 11 is 1.59. The molecule has 0 unspecified atom stereocenters. The van der Waals surface area contributed by atoms with Gasteiger partial charge in [-0.15, -0.1) is 11.3 Å². The predicted molar refractivity (Wildman–Crippen MR) is 63.8 cm³/mol. The van der Waals surface area contributed by atoms with Gasteiger partial charge in [-0.1, -0.05) is 6.07 Å². The number of nitrogens with one attached hydrogen (secondary N) is 1. The maximum absolute atomic E-state index is 12.9. The van der Waals surface area contributed by atoms with E-state index in [0.29, 0.717) is 0 Å². The van der Waals surface area contributed by atoms with E-state index < -0.39 is 0 Å². The first kappa shape index (κ1) is 11.2. The summed E-state index contributed by atoms with van der Waals surface area (Å²) in [6, 6.07) is 4.87. The van der Waals surface area contributed by atoms with E-state index in [0.717, 1.165) is 29.9 Å². The molecule has 0 spiro atoms. The molecule has 2 nitrogen and oxygen atoms in total. The molecule has 1 N–H and O–H groups in total. The first-order valence-corrected chi connectivity index (χ1v) is 6.03. The van der Waals surface area contributed by atoms with Gasteiger partial charge >= 0.3 is 0 Å². The predicted octanol–water partition coefficient (Wildman–Crippen LogP) is 2.88. The second-order valence-electron chi connectivity index (χ2n) is 3.65. The highest BCUT2D eigenvalue weighted by Crippen LogP contribution is 2.10. The van der Waals surface area contributed by atoms with Crippen molar-refractivity contribution in [3.8, 4) is 0 Å². The van der Waals surface area contributed by atoms with Crippen molar-refractivity contribution >= 4 is 11.3 Å². The normalized spacial score (nSPS) is 10.6. The van der Waals surface area contributed by atoms with E-state index >= 15 is 0 Å². The van der Waals surface area contributed by atoms with Crippen molar-refractivity contribution in [2.45, 2.75) is 20.0 Å². The number of nitrogens with zero attached hydrogens (tertiary/aromatic N) is 1. The van der Waals surface area contributed by atoms with Crippen molar-refractivity contribution in [2.75, 3.05) is 0 Å². The quantitative estimate of drug-likeness (QED) is 0.883. The van der Waals surface area contributed by atoms with Crippen LogP contribution >= 0.6 is 11.3 Å². The first-order valence-electron chi connectivity index (χ1n) is 5.08. The Morgan fingerprint density at radius 3 is 2.94 bits per heavy atom. The molecule has 1 aromatic heterocycles. The number of thiazole rings is 1. The zero-order chi connectivity index (χ0) is 11.4. The minimum absolute atomic E-state index is 0.180. The standard InChI is InChI=1S/C12H13FN2S/c1-9-4-11(13)3-2-10(9)5-14-6-12-7-16-8-15-12/h2-4,7-8,14H,5-6H2,1H3. The van der Waals surface area contributed by atoms with Crippen molar-refractivity contribution in [3.05, 3.63) is 51.7 Å². The molecule has 0 bridgehead atoms. The third kappa shape index (κ3) is 2.87. The summed E-state index contributed by atoms with van der Waals surface area (Å²) in [5.41, 5.74) is 4.97. The molecule has 2 aromatic rings. The topological polar surface area (TPSA) is 24.9 Å². The molecule has 0 aliphatic heterocycles. The molecule has 0 atom stereocenters. The van der Waals surface area contributed by atoms with Crippen LogP contribution in [0.3, 0.4) is 0 Å². The van der Waals surface area contributed by atoms with Crippen LogP contribution in [-0.4, -0.2) is 4.98 Å². The number of rotatable bonds is 4. The van der Waals surface area contributed by atoms with Gasteiger partial charge in [0.1, 0.15) is 5.82 Å². The number of aromatic nitrogens is 1. The highest BCUT2D eigenvalue weighted by Gasteiger charge is 2.00. The van der Waals surface area contributed by atoms with Crippen LogP contribution in [0.5, 0.6) is 0 Å². The van der Waals surface area contributed by atoms with Crippen molar-refractivity contribution in [2.24, 2.45) is 0 Å². The highest BCUT2D eigenvalue weighted by atomic mass is 32.1. The molecule has 0 radical (unpaired) electrons. The SMILES string of the molecule is Cc1cc(F)ccc1CNCc1cscn1. The van der Waals surface area contributed by atoms with Crippen LogP contribution in [0, 0.1) is 12.7 Å². The Labute approximate surface area is 98.2 Å². The molecule has 0 saturated carbocycles. The van der Waals surface area contributed by atoms with Gasteiger partial charge in [-0.3, -0.25) is 0 Å². The lowest BCUT2D eigenvalue weighted by atomic mass is 10.1. The molecular weight excluding hydrogens is 223 g/mol. The van der Waals surface area contributed by atoms with Crippen LogP contribution in [-0.2, 0) is 13.1 Å². The van der Waals surface area contributed by atoms with Gasteiger partial charge in [0.15, 0.2) is 0 Å². The van der Waals surface area contributed by atoms with Gasteiger partial charge in [0.05, 0.1) is 11.2 Å². The van der Waals surface area contributed by atoms with Gasteiger partial charge in [0.2, 0.25) is 0 Å². The van der Waals surface area contributed by atoms with E-state index in [1.165, 1.54) is 6.07 Å². The molecule has 1 aromatic carbocycles. The van der Waals surface area contributed by atoms with Crippen LogP contribution in [0.2, 0.25) is 0 Å². The number of hydrogen-bond donors (Lipinski definition) is 1. The molecule has 16 heavy (non-hydrogen) atoms. The van der Waals surface area contributed by atoms with Crippen LogP contribution in [0.15, 0.2) is 29.1 Å². The number of benzene rings is 1. The van der Waals surface area contributed by atoms with E-state index in [9.17, 15) is 4.39 Å². The Morgan fingerprint density at radius 1 is 1.38 bits per heavy atom. The maximum Gasteiger partial charge on any atom is 0.123 e. The average Bonchev–Trinajstić information content (AvgIpc) is 2.74. The third-order valence-corrected chi connectivity index (χ3v) is 3.04. The Hall–Kier alpha value is -1.26. The Bertz CT molecular complexity index is 454. The lowest BCUT2D eigenvalue weighted by molar-refractivity contribution is 0.622. The van der Waals surface area contributed by atoms with Gasteiger partial charge in [-0.25, -0.2) is 9.37 Å². The zero-order valence-corrected chi connectivity index (χ0v) is 9.85. The van der Waals surface area contributed by atoms with Gasteiger partial charge in [-0.05, 0) is 30.2 Å². The monoisotopic (exact) mass is 236 g/mol. The van der Waals surface area contributed by atoms with Crippen LogP contribution < -0.4 is 5.32 Å². The molecule has 0 aliphatic carbocycles. The Kier molecular flexibility index (Phi) is 3.64. The summed E-state index contributed by atoms with van der Waals surface area (Å²) in [6.45, 7) is 3.41. The molecular formula is C12H13FN2S. The van der Waals surface area contributed by atoms with Crippen molar-refractivity contribution in [3.63, 3.8) is 0 Å². The van der Waals surface area contributed by atoms with E-state index in [4.69, 9.17) is 0 Å². The second-order valence-corrected chi connectivity index (χ2v) is 4.37. The van der Waals surface area contributed by atoms with Gasteiger partial charge in [0, 0.05) is 18.5 Å². The third-order valence-electron chi connectivity index (χ3n) is 2.41. The van der Waals surface area contributed by atoms with E-state index in [1.54, 1.807) is 17.4 Å². The summed E-state index contributed by atoms with van der Waals surface area (Å²) < 4.78 is 12.9. The van der Waals surface area contributed by atoms with Crippen LogP contribution in [0.1, 0.15) is 16.8 Å². The van der Waals surface area contributed by atoms with E-state index in [-0.39, 0.29) is 5.82 Å². The van der Waals surface area contributed by atoms with Gasteiger partial charge in [0.25, 0.3) is 0 Å². The lowest BCUT2D eigenvalue weighted by Gasteiger charge is -2.06. The summed E-state index contributed by atoms with van der Waals surface area (Å²) in [5, 5.41) is 5.30. The van der Waals surface area contributed by atoms with Crippen molar-refractivity contribution < 1.29 is 4.39 Å². The summed E-state index contributed by atoms with van der Waals surface area (Å²) in [6.07, 6.45) is 0. The fraction of sp³-hybridized carbons (Fsp3) is 0.250. The molecule has 0 fully saturated rings. The lowest BCUT2D eigenvalue weighted by Crippen LogP contribution is -2.13. The maximum atomic E-state index is 12.9. The van der Waals surface area contributed by atoms with Crippen molar-refractivity contribution in [1.82, 2.24) is 10.3 Å². The van der Waals surface area contributed by atoms with Crippen LogP contribution in [0.4, 0.5) is 4.39 Å². The van der Waals surface area contributed by atoms with Crippen LogP contribution in [0.25, 0.3) is 0 Å². The minimum atomic E-state index is -0.180. The summed E-state index contributed by atoms with van der Waals surface area (Å²) in [4.78, 5) is 4.18. The molecule has 2 rings (SSSR count). The Balaban J connectivity index is 1.90. The largest absolute Gasteiger partial charge is 0.307 e. The molecule has 0 amide bonds. The fourth-order valence-electron chi connectivity index (χ4n) is 1.51. The molecule has 4 heteroatoms. The number of halogens is 1. The minimum Gasteiger partial charge on any atom is -0.307 e. The summed E-state index contributed by atoms with van der Waals surface area (Å²) in [5.74, 6) is -0.180.